The third kappa shape index (κ3) is 2.93. The van der Waals surface area contributed by atoms with Crippen LogP contribution in [0.4, 0.5) is 0 Å². The lowest BCUT2D eigenvalue weighted by molar-refractivity contribution is 0.616. The van der Waals surface area contributed by atoms with Crippen molar-refractivity contribution in [2.45, 2.75) is 0 Å². The Morgan fingerprint density at radius 1 is 1.11 bits per heavy atom. The molecule has 136 valence electrons. The van der Waals surface area contributed by atoms with E-state index in [1.165, 1.54) is 16.0 Å². The molecule has 0 N–H and O–H groups in total. The maximum absolute atomic E-state index is 13.1. The van der Waals surface area contributed by atoms with Crippen molar-refractivity contribution in [1.29, 1.82) is 0 Å². The van der Waals surface area contributed by atoms with Gasteiger partial charge in [-0.1, -0.05) is 29.8 Å². The van der Waals surface area contributed by atoms with Crippen LogP contribution in [0.2, 0.25) is 5.02 Å². The van der Waals surface area contributed by atoms with Crippen LogP contribution in [-0.2, 0) is 0 Å². The highest BCUT2D eigenvalue weighted by atomic mass is 35.5. The van der Waals surface area contributed by atoms with Crippen molar-refractivity contribution in [2.75, 3.05) is 0 Å². The second-order valence-corrected chi connectivity index (χ2v) is 7.54. The topological polar surface area (TPSA) is 60.4 Å². The number of fused-ring (bicyclic) bond motifs is 2. The van der Waals surface area contributed by atoms with Crippen molar-refractivity contribution >= 4 is 51.0 Å². The van der Waals surface area contributed by atoms with E-state index in [4.69, 9.17) is 16.0 Å². The Hall–Kier alpha value is -3.22. The van der Waals surface area contributed by atoms with Crippen molar-refractivity contribution < 1.29 is 4.42 Å². The van der Waals surface area contributed by atoms with Crippen LogP contribution >= 0.6 is 22.9 Å². The summed E-state index contributed by atoms with van der Waals surface area (Å²) in [4.78, 5) is 18.7. The molecule has 0 saturated carbocycles. The number of furan rings is 1. The van der Waals surface area contributed by atoms with Gasteiger partial charge in [0.1, 0.15) is 5.58 Å². The second-order valence-electron chi connectivity index (χ2n) is 6.12. The average molecular weight is 406 g/mol. The molecule has 5 nitrogen and oxygen atoms in total. The van der Waals surface area contributed by atoms with E-state index in [-0.39, 0.29) is 5.56 Å². The standard InChI is InChI=1S/C21H12ClN3O2S/c22-14-7-8-18-13(10-14)11-19(27-18)20-24-17-6-2-1-5-16(17)21(26)25(20)23-12-15-4-3-9-28-15/h1-12H. The summed E-state index contributed by atoms with van der Waals surface area (Å²) in [5.74, 6) is 0.785. The van der Waals surface area contributed by atoms with Crippen LogP contribution in [0.15, 0.2) is 80.4 Å². The molecule has 0 aliphatic rings. The van der Waals surface area contributed by atoms with E-state index < -0.39 is 0 Å². The van der Waals surface area contributed by atoms with E-state index in [0.717, 1.165) is 10.3 Å². The highest BCUT2D eigenvalue weighted by molar-refractivity contribution is 7.11. The minimum Gasteiger partial charge on any atom is -0.453 e. The Kier molecular flexibility index (Phi) is 4.07. The van der Waals surface area contributed by atoms with E-state index in [2.05, 4.69) is 10.1 Å². The molecule has 0 bridgehead atoms. The van der Waals surface area contributed by atoms with Crippen molar-refractivity contribution in [1.82, 2.24) is 9.66 Å². The number of benzene rings is 2. The number of halogens is 1. The molecule has 3 aromatic heterocycles. The zero-order chi connectivity index (χ0) is 19.1. The molecule has 0 atom stereocenters. The summed E-state index contributed by atoms with van der Waals surface area (Å²) in [7, 11) is 0. The molecule has 0 saturated heterocycles. The monoisotopic (exact) mass is 405 g/mol. The van der Waals surface area contributed by atoms with Crippen LogP contribution in [0.25, 0.3) is 33.5 Å². The number of hydrogen-bond donors (Lipinski definition) is 0. The Morgan fingerprint density at radius 2 is 2.00 bits per heavy atom. The third-order valence-electron chi connectivity index (χ3n) is 4.30. The number of para-hydroxylation sites is 1. The van der Waals surface area contributed by atoms with Gasteiger partial charge in [-0.25, -0.2) is 4.98 Å². The largest absolute Gasteiger partial charge is 0.453 e. The Labute approximate surface area is 168 Å². The zero-order valence-electron chi connectivity index (χ0n) is 14.4. The van der Waals surface area contributed by atoms with Gasteiger partial charge in [0, 0.05) is 15.3 Å². The molecule has 0 radical (unpaired) electrons. The van der Waals surface area contributed by atoms with Gasteiger partial charge in [0.25, 0.3) is 5.56 Å². The minimum atomic E-state index is -0.258. The molecule has 7 heteroatoms. The van der Waals surface area contributed by atoms with Crippen molar-refractivity contribution in [2.24, 2.45) is 5.10 Å². The van der Waals surface area contributed by atoms with Crippen LogP contribution in [0, 0.1) is 0 Å². The van der Waals surface area contributed by atoms with Gasteiger partial charge in [0.15, 0.2) is 5.76 Å². The van der Waals surface area contributed by atoms with Gasteiger partial charge in [-0.15, -0.1) is 11.3 Å². The zero-order valence-corrected chi connectivity index (χ0v) is 15.9. The quantitative estimate of drug-likeness (QED) is 0.377. The normalized spacial score (nSPS) is 11.8. The first-order valence-electron chi connectivity index (χ1n) is 8.48. The lowest BCUT2D eigenvalue weighted by atomic mass is 10.2. The lowest BCUT2D eigenvalue weighted by Crippen LogP contribution is -2.20. The SMILES string of the molecule is O=c1c2ccccc2nc(-c2cc3cc(Cl)ccc3o2)n1N=Cc1cccs1. The highest BCUT2D eigenvalue weighted by Gasteiger charge is 2.16. The summed E-state index contributed by atoms with van der Waals surface area (Å²) < 4.78 is 7.22. The number of nitrogens with zero attached hydrogens (tertiary/aromatic N) is 3. The highest BCUT2D eigenvalue weighted by Crippen LogP contribution is 2.29. The predicted molar refractivity (Wildman–Crippen MR) is 114 cm³/mol. The van der Waals surface area contributed by atoms with Gasteiger partial charge in [0.05, 0.1) is 17.1 Å². The van der Waals surface area contributed by atoms with Crippen molar-refractivity contribution in [3.8, 4) is 11.6 Å². The van der Waals surface area contributed by atoms with E-state index in [1.807, 2.05) is 41.8 Å². The smallest absolute Gasteiger partial charge is 0.282 e. The summed E-state index contributed by atoms with van der Waals surface area (Å²) in [5, 5.41) is 8.29. The minimum absolute atomic E-state index is 0.258. The van der Waals surface area contributed by atoms with Crippen LogP contribution in [-0.4, -0.2) is 15.9 Å². The number of rotatable bonds is 3. The molecule has 0 amide bonds. The fourth-order valence-electron chi connectivity index (χ4n) is 2.99. The van der Waals surface area contributed by atoms with Gasteiger partial charge >= 0.3 is 0 Å². The predicted octanol–water partition coefficient (Wildman–Crippen LogP) is 5.41. The molecule has 0 spiro atoms. The first kappa shape index (κ1) is 16.9. The van der Waals surface area contributed by atoms with E-state index in [0.29, 0.717) is 33.1 Å². The second kappa shape index (κ2) is 6.74. The van der Waals surface area contributed by atoms with Crippen LogP contribution < -0.4 is 5.56 Å². The summed E-state index contributed by atoms with van der Waals surface area (Å²) >= 11 is 7.62. The molecular weight excluding hydrogens is 394 g/mol. The maximum atomic E-state index is 13.1. The van der Waals surface area contributed by atoms with Crippen LogP contribution in [0.5, 0.6) is 0 Å². The molecule has 2 aromatic carbocycles. The first-order chi connectivity index (χ1) is 13.7. The van der Waals surface area contributed by atoms with E-state index in [9.17, 15) is 4.79 Å². The molecule has 5 rings (SSSR count). The van der Waals surface area contributed by atoms with Gasteiger partial charge in [0.2, 0.25) is 5.82 Å². The molecule has 28 heavy (non-hydrogen) atoms. The van der Waals surface area contributed by atoms with Gasteiger partial charge in [-0.3, -0.25) is 4.79 Å². The molecular formula is C21H12ClN3O2S. The Balaban J connectivity index is 1.77. The Bertz CT molecular complexity index is 1400. The van der Waals surface area contributed by atoms with Crippen LogP contribution in [0.1, 0.15) is 4.88 Å². The van der Waals surface area contributed by atoms with Crippen molar-refractivity contribution in [3.63, 3.8) is 0 Å². The van der Waals surface area contributed by atoms with Gasteiger partial charge < -0.3 is 4.42 Å². The number of thiophene rings is 1. The van der Waals surface area contributed by atoms with E-state index in [1.54, 1.807) is 30.5 Å². The lowest BCUT2D eigenvalue weighted by Gasteiger charge is -2.06. The number of hydrogen-bond acceptors (Lipinski definition) is 5. The molecule has 0 aliphatic carbocycles. The fraction of sp³-hybridized carbons (Fsp3) is 0. The fourth-order valence-corrected chi connectivity index (χ4v) is 3.75. The van der Waals surface area contributed by atoms with E-state index >= 15 is 0 Å². The first-order valence-corrected chi connectivity index (χ1v) is 9.74. The summed E-state index contributed by atoms with van der Waals surface area (Å²) in [6.45, 7) is 0. The third-order valence-corrected chi connectivity index (χ3v) is 5.34. The molecule has 3 heterocycles. The summed E-state index contributed by atoms with van der Waals surface area (Å²) in [5.41, 5.74) is 0.992. The number of aromatic nitrogens is 2. The maximum Gasteiger partial charge on any atom is 0.282 e. The average Bonchev–Trinajstić information content (AvgIpc) is 3.36. The summed E-state index contributed by atoms with van der Waals surface area (Å²) in [6.07, 6.45) is 1.64. The van der Waals surface area contributed by atoms with Gasteiger partial charge in [-0.05, 0) is 47.8 Å². The molecule has 5 aromatic rings. The summed E-state index contributed by atoms with van der Waals surface area (Å²) in [6, 6.07) is 18.2. The van der Waals surface area contributed by atoms with Crippen LogP contribution in [0.3, 0.4) is 0 Å². The molecule has 0 aliphatic heterocycles. The van der Waals surface area contributed by atoms with Gasteiger partial charge in [-0.2, -0.15) is 9.78 Å². The van der Waals surface area contributed by atoms with Crippen molar-refractivity contribution in [3.05, 3.63) is 86.3 Å². The molecule has 0 unspecified atom stereocenters. The Morgan fingerprint density at radius 3 is 2.86 bits per heavy atom. The molecule has 0 fully saturated rings.